The molecule has 0 atom stereocenters. The summed E-state index contributed by atoms with van der Waals surface area (Å²) in [6.45, 7) is 5.65. The molecule has 2 rings (SSSR count). The molecule has 6 heteroatoms. The summed E-state index contributed by atoms with van der Waals surface area (Å²) >= 11 is 0. The van der Waals surface area contributed by atoms with Crippen LogP contribution in [0.25, 0.3) is 0 Å². The number of hydrogen-bond acceptors (Lipinski definition) is 5. The normalized spacial score (nSPS) is 14.7. The van der Waals surface area contributed by atoms with Crippen LogP contribution in [0.15, 0.2) is 18.2 Å². The fraction of sp³-hybridized carbons (Fsp3) is 0.357. The number of nitrogens with two attached hydrogens (primary N) is 1. The number of fused-ring (bicyclic) bond motifs is 1. The predicted octanol–water partition coefficient (Wildman–Crippen LogP) is 0.779. The first-order valence-corrected chi connectivity index (χ1v) is 6.38. The molecule has 0 radical (unpaired) electrons. The van der Waals surface area contributed by atoms with Crippen LogP contribution in [0.3, 0.4) is 0 Å². The van der Waals surface area contributed by atoms with E-state index in [1.165, 1.54) is 12.1 Å². The molecule has 1 aliphatic heterocycles. The summed E-state index contributed by atoms with van der Waals surface area (Å²) in [6.07, 6.45) is 0. The van der Waals surface area contributed by atoms with Crippen molar-refractivity contribution >= 4 is 23.4 Å². The lowest BCUT2D eigenvalue weighted by Crippen LogP contribution is -2.55. The van der Waals surface area contributed by atoms with E-state index >= 15 is 0 Å². The van der Waals surface area contributed by atoms with Crippen LogP contribution in [-0.4, -0.2) is 34.7 Å². The Labute approximate surface area is 116 Å². The molecule has 1 heterocycles. The summed E-state index contributed by atoms with van der Waals surface area (Å²) in [5.41, 5.74) is 5.22. The summed E-state index contributed by atoms with van der Waals surface area (Å²) in [5.74, 6) is -1.85. The monoisotopic (exact) mass is 275 g/mol. The SMILES string of the molecule is CCNC(C)(C)C(=O)N1C(=O)c2cccc(N)c2C1=O. The molecule has 0 aliphatic carbocycles. The summed E-state index contributed by atoms with van der Waals surface area (Å²) in [4.78, 5) is 37.7. The number of nitrogens with one attached hydrogen (secondary N) is 1. The van der Waals surface area contributed by atoms with Gasteiger partial charge in [-0.25, -0.2) is 4.90 Å². The molecule has 0 fully saturated rings. The van der Waals surface area contributed by atoms with Crippen molar-refractivity contribution in [2.75, 3.05) is 12.3 Å². The van der Waals surface area contributed by atoms with Crippen molar-refractivity contribution < 1.29 is 14.4 Å². The van der Waals surface area contributed by atoms with Gasteiger partial charge in [0.2, 0.25) is 0 Å². The molecule has 0 unspecified atom stereocenters. The Hall–Kier alpha value is -2.21. The topological polar surface area (TPSA) is 92.5 Å². The smallest absolute Gasteiger partial charge is 0.270 e. The second-order valence-corrected chi connectivity index (χ2v) is 5.18. The highest BCUT2D eigenvalue weighted by atomic mass is 16.2. The number of carbonyl (C=O) groups excluding carboxylic acids is 3. The zero-order chi connectivity index (χ0) is 15.1. The van der Waals surface area contributed by atoms with Gasteiger partial charge in [-0.1, -0.05) is 13.0 Å². The number of hydrogen-bond donors (Lipinski definition) is 2. The van der Waals surface area contributed by atoms with E-state index in [2.05, 4.69) is 5.32 Å². The Bertz CT molecular complexity index is 608. The summed E-state index contributed by atoms with van der Waals surface area (Å²) in [6, 6.07) is 4.62. The molecule has 1 aromatic carbocycles. The van der Waals surface area contributed by atoms with Gasteiger partial charge in [-0.3, -0.25) is 14.4 Å². The molecule has 6 nitrogen and oxygen atoms in total. The van der Waals surface area contributed by atoms with Gasteiger partial charge < -0.3 is 11.1 Å². The molecule has 0 saturated heterocycles. The van der Waals surface area contributed by atoms with Crippen LogP contribution in [-0.2, 0) is 4.79 Å². The summed E-state index contributed by atoms with van der Waals surface area (Å²) < 4.78 is 0. The lowest BCUT2D eigenvalue weighted by molar-refractivity contribution is -0.131. The third-order valence-corrected chi connectivity index (χ3v) is 3.30. The fourth-order valence-corrected chi connectivity index (χ4v) is 2.29. The van der Waals surface area contributed by atoms with Crippen molar-refractivity contribution in [1.29, 1.82) is 0 Å². The van der Waals surface area contributed by atoms with Crippen LogP contribution in [0.1, 0.15) is 41.5 Å². The maximum absolute atomic E-state index is 12.4. The Kier molecular flexibility index (Phi) is 3.35. The quantitative estimate of drug-likeness (QED) is 0.628. The molecule has 3 N–H and O–H groups in total. The number of nitrogens with zero attached hydrogens (tertiary/aromatic N) is 1. The first-order chi connectivity index (χ1) is 9.31. The number of carbonyl (C=O) groups is 3. The second-order valence-electron chi connectivity index (χ2n) is 5.18. The van der Waals surface area contributed by atoms with E-state index in [9.17, 15) is 14.4 Å². The van der Waals surface area contributed by atoms with Gasteiger partial charge in [0.15, 0.2) is 0 Å². The summed E-state index contributed by atoms with van der Waals surface area (Å²) in [5, 5.41) is 2.95. The third-order valence-electron chi connectivity index (χ3n) is 3.30. The van der Waals surface area contributed by atoms with Crippen LogP contribution in [0.5, 0.6) is 0 Å². The van der Waals surface area contributed by atoms with E-state index < -0.39 is 23.3 Å². The number of amides is 3. The van der Waals surface area contributed by atoms with Crippen LogP contribution < -0.4 is 11.1 Å². The van der Waals surface area contributed by atoms with Gasteiger partial charge in [-0.15, -0.1) is 0 Å². The zero-order valence-electron chi connectivity index (χ0n) is 11.7. The Morgan fingerprint density at radius 2 is 1.95 bits per heavy atom. The molecule has 0 spiro atoms. The van der Waals surface area contributed by atoms with Crippen LogP contribution in [0.4, 0.5) is 5.69 Å². The average molecular weight is 275 g/mol. The highest BCUT2D eigenvalue weighted by Gasteiger charge is 2.45. The summed E-state index contributed by atoms with van der Waals surface area (Å²) in [7, 11) is 0. The lowest BCUT2D eigenvalue weighted by atomic mass is 10.0. The molecule has 0 saturated carbocycles. The molecule has 1 aromatic rings. The van der Waals surface area contributed by atoms with Gasteiger partial charge in [0.1, 0.15) is 0 Å². The predicted molar refractivity (Wildman–Crippen MR) is 74.1 cm³/mol. The van der Waals surface area contributed by atoms with E-state index in [1.54, 1.807) is 19.9 Å². The fourth-order valence-electron chi connectivity index (χ4n) is 2.29. The first-order valence-electron chi connectivity index (χ1n) is 6.38. The molecule has 20 heavy (non-hydrogen) atoms. The molecule has 1 aliphatic rings. The van der Waals surface area contributed by atoms with Crippen molar-refractivity contribution in [2.24, 2.45) is 0 Å². The van der Waals surface area contributed by atoms with E-state index in [-0.39, 0.29) is 16.8 Å². The molecular weight excluding hydrogens is 258 g/mol. The number of imide groups is 3. The van der Waals surface area contributed by atoms with Crippen molar-refractivity contribution in [1.82, 2.24) is 10.2 Å². The van der Waals surface area contributed by atoms with Gasteiger partial charge in [0.25, 0.3) is 17.7 Å². The van der Waals surface area contributed by atoms with E-state index in [0.29, 0.717) is 11.4 Å². The number of nitrogen functional groups attached to an aromatic ring is 1. The van der Waals surface area contributed by atoms with Crippen LogP contribution in [0.2, 0.25) is 0 Å². The largest absolute Gasteiger partial charge is 0.398 e. The Balaban J connectivity index is 2.43. The minimum absolute atomic E-state index is 0.109. The maximum Gasteiger partial charge on any atom is 0.270 e. The second kappa shape index (κ2) is 4.72. The zero-order valence-corrected chi connectivity index (χ0v) is 11.7. The van der Waals surface area contributed by atoms with Gasteiger partial charge >= 0.3 is 0 Å². The maximum atomic E-state index is 12.4. The van der Waals surface area contributed by atoms with Crippen molar-refractivity contribution in [3.05, 3.63) is 29.3 Å². The average Bonchev–Trinajstić information content (AvgIpc) is 2.62. The van der Waals surface area contributed by atoms with E-state index in [0.717, 1.165) is 0 Å². The highest BCUT2D eigenvalue weighted by Crippen LogP contribution is 2.29. The molecule has 0 aromatic heterocycles. The van der Waals surface area contributed by atoms with E-state index in [1.807, 2.05) is 6.92 Å². The number of benzene rings is 1. The first kappa shape index (κ1) is 14.2. The standard InChI is InChI=1S/C14H17N3O3/c1-4-16-14(2,3)13(20)17-11(18)8-6-5-7-9(15)10(8)12(17)19/h5-7,16H,4,15H2,1-3H3. The van der Waals surface area contributed by atoms with Crippen molar-refractivity contribution in [3.8, 4) is 0 Å². The van der Waals surface area contributed by atoms with Crippen LogP contribution in [0, 0.1) is 0 Å². The Morgan fingerprint density at radius 1 is 1.30 bits per heavy atom. The van der Waals surface area contributed by atoms with Crippen molar-refractivity contribution in [2.45, 2.75) is 26.3 Å². The molecule has 0 bridgehead atoms. The molecule has 106 valence electrons. The number of anilines is 1. The van der Waals surface area contributed by atoms with Gasteiger partial charge in [0, 0.05) is 5.69 Å². The van der Waals surface area contributed by atoms with Crippen LogP contribution >= 0.6 is 0 Å². The number of rotatable bonds is 3. The van der Waals surface area contributed by atoms with Gasteiger partial charge in [0.05, 0.1) is 16.7 Å². The lowest BCUT2D eigenvalue weighted by Gasteiger charge is -2.27. The minimum Gasteiger partial charge on any atom is -0.398 e. The molecular formula is C14H17N3O3. The van der Waals surface area contributed by atoms with Gasteiger partial charge in [-0.05, 0) is 32.5 Å². The minimum atomic E-state index is -1.00. The Morgan fingerprint density at radius 3 is 2.50 bits per heavy atom. The van der Waals surface area contributed by atoms with Gasteiger partial charge in [-0.2, -0.15) is 0 Å². The van der Waals surface area contributed by atoms with E-state index in [4.69, 9.17) is 5.73 Å². The highest BCUT2D eigenvalue weighted by molar-refractivity contribution is 6.31. The molecule has 3 amide bonds. The third kappa shape index (κ3) is 1.98. The number of likely N-dealkylation sites (N-methyl/N-ethyl adjacent to an activating group) is 1. The van der Waals surface area contributed by atoms with Crippen molar-refractivity contribution in [3.63, 3.8) is 0 Å².